The Kier molecular flexibility index (Phi) is 7.62. The van der Waals surface area contributed by atoms with Crippen LogP contribution in [-0.4, -0.2) is 80.7 Å². The topological polar surface area (TPSA) is 124 Å². The zero-order valence-electron chi connectivity index (χ0n) is 23.3. The van der Waals surface area contributed by atoms with Crippen molar-refractivity contribution in [3.63, 3.8) is 0 Å². The van der Waals surface area contributed by atoms with E-state index in [9.17, 15) is 4.79 Å². The number of piperidine rings is 1. The smallest absolute Gasteiger partial charge is 0.243 e. The lowest BCUT2D eigenvalue weighted by Gasteiger charge is -2.40. The number of carbonyl (C=O) groups excluding carboxylic acids is 1. The third-order valence-corrected chi connectivity index (χ3v) is 7.66. The number of fused-ring (bicyclic) bond motifs is 1. The molecule has 0 saturated carbocycles. The van der Waals surface area contributed by atoms with Gasteiger partial charge in [-0.15, -0.1) is 0 Å². The van der Waals surface area contributed by atoms with E-state index < -0.39 is 0 Å². The predicted octanol–water partition coefficient (Wildman–Crippen LogP) is 3.65. The van der Waals surface area contributed by atoms with E-state index in [1.165, 1.54) is 6.08 Å². The quantitative estimate of drug-likeness (QED) is 0.281. The molecule has 3 aromatic heterocycles. The number of hydrogen-bond donors (Lipinski definition) is 3. The minimum atomic E-state index is -0.275. The number of carbonyl (C=O) groups is 1. The van der Waals surface area contributed by atoms with E-state index >= 15 is 0 Å². The fourth-order valence-electron chi connectivity index (χ4n) is 5.64. The second-order valence-electron chi connectivity index (χ2n) is 10.9. The first kappa shape index (κ1) is 26.9. The summed E-state index contributed by atoms with van der Waals surface area (Å²) in [5.41, 5.74) is 4.37. The summed E-state index contributed by atoms with van der Waals surface area (Å²) in [4.78, 5) is 38.0. The van der Waals surface area contributed by atoms with Gasteiger partial charge in [-0.05, 0) is 56.1 Å². The zero-order chi connectivity index (χ0) is 28.2. The summed E-state index contributed by atoms with van der Waals surface area (Å²) in [5.74, 6) is 1.56. The molecule has 4 aromatic rings. The highest BCUT2D eigenvalue weighted by atomic mass is 16.5. The molecule has 0 aliphatic carbocycles. The van der Waals surface area contributed by atoms with E-state index in [0.29, 0.717) is 19.8 Å². The molecule has 11 nitrogen and oxygen atoms in total. The van der Waals surface area contributed by atoms with Crippen LogP contribution in [0.3, 0.4) is 0 Å². The number of amides is 1. The summed E-state index contributed by atoms with van der Waals surface area (Å²) in [6, 6.07) is 10.3. The maximum atomic E-state index is 11.8. The Bertz CT molecular complexity index is 1510. The van der Waals surface area contributed by atoms with Gasteiger partial charge in [0.1, 0.15) is 23.6 Å². The van der Waals surface area contributed by atoms with Crippen molar-refractivity contribution in [1.82, 2.24) is 35.1 Å². The molecule has 5 heterocycles. The van der Waals surface area contributed by atoms with Crippen LogP contribution in [0.15, 0.2) is 61.7 Å². The monoisotopic (exact) mass is 553 g/mol. The number of morpholine rings is 1. The average molecular weight is 554 g/mol. The molecule has 2 aliphatic rings. The summed E-state index contributed by atoms with van der Waals surface area (Å²) in [6.07, 6.45) is 8.50. The SMILES string of the molecule is C=CC(=O)N[C@]1(C)CCCN(Cc2ncc(Nc3ccc(-c4cc5c(N6CCOCC6)ncnc5[nH]4)cc3)cn2)C1. The van der Waals surface area contributed by atoms with Gasteiger partial charge in [0.05, 0.1) is 48.8 Å². The lowest BCUT2D eigenvalue weighted by Crippen LogP contribution is -2.56. The molecule has 2 saturated heterocycles. The summed E-state index contributed by atoms with van der Waals surface area (Å²) < 4.78 is 5.50. The van der Waals surface area contributed by atoms with Gasteiger partial charge in [0.2, 0.25) is 5.91 Å². The second-order valence-corrected chi connectivity index (χ2v) is 10.9. The van der Waals surface area contributed by atoms with Gasteiger partial charge in [-0.1, -0.05) is 18.7 Å². The molecule has 2 fully saturated rings. The minimum Gasteiger partial charge on any atom is -0.378 e. The molecular weight excluding hydrogens is 518 g/mol. The Morgan fingerprint density at radius 3 is 2.63 bits per heavy atom. The summed E-state index contributed by atoms with van der Waals surface area (Å²) >= 11 is 0. The Labute approximate surface area is 239 Å². The molecule has 1 atom stereocenters. The second kappa shape index (κ2) is 11.6. The van der Waals surface area contributed by atoms with Crippen molar-refractivity contribution in [2.75, 3.05) is 49.6 Å². The first-order chi connectivity index (χ1) is 20.0. The molecule has 41 heavy (non-hydrogen) atoms. The van der Waals surface area contributed by atoms with Crippen LogP contribution in [0.5, 0.6) is 0 Å². The molecule has 2 aliphatic heterocycles. The molecule has 0 radical (unpaired) electrons. The zero-order valence-corrected chi connectivity index (χ0v) is 23.3. The molecule has 1 aromatic carbocycles. The maximum Gasteiger partial charge on any atom is 0.243 e. The van der Waals surface area contributed by atoms with Gasteiger partial charge in [0, 0.05) is 31.0 Å². The van der Waals surface area contributed by atoms with Crippen molar-refractivity contribution in [3.05, 3.63) is 67.5 Å². The highest BCUT2D eigenvalue weighted by molar-refractivity contribution is 5.92. The van der Waals surface area contributed by atoms with Gasteiger partial charge in [-0.3, -0.25) is 9.69 Å². The van der Waals surface area contributed by atoms with E-state index in [1.54, 1.807) is 6.33 Å². The molecule has 0 unspecified atom stereocenters. The molecule has 1 amide bonds. The van der Waals surface area contributed by atoms with Crippen molar-refractivity contribution in [1.29, 1.82) is 0 Å². The fourth-order valence-corrected chi connectivity index (χ4v) is 5.64. The lowest BCUT2D eigenvalue weighted by atomic mass is 9.91. The number of rotatable bonds is 8. The van der Waals surface area contributed by atoms with Gasteiger partial charge in [-0.25, -0.2) is 19.9 Å². The predicted molar refractivity (Wildman–Crippen MR) is 159 cm³/mol. The van der Waals surface area contributed by atoms with Crippen LogP contribution < -0.4 is 15.5 Å². The Morgan fingerprint density at radius 2 is 1.88 bits per heavy atom. The Morgan fingerprint density at radius 1 is 1.10 bits per heavy atom. The van der Waals surface area contributed by atoms with Gasteiger partial charge in [-0.2, -0.15) is 0 Å². The number of hydrogen-bond acceptors (Lipinski definition) is 9. The highest BCUT2D eigenvalue weighted by Crippen LogP contribution is 2.30. The summed E-state index contributed by atoms with van der Waals surface area (Å²) in [5, 5.41) is 7.47. The van der Waals surface area contributed by atoms with Gasteiger partial charge in [0.15, 0.2) is 0 Å². The van der Waals surface area contributed by atoms with Gasteiger partial charge in [0.25, 0.3) is 0 Å². The summed E-state index contributed by atoms with van der Waals surface area (Å²) in [6.45, 7) is 11.0. The van der Waals surface area contributed by atoms with Crippen LogP contribution in [0.2, 0.25) is 0 Å². The van der Waals surface area contributed by atoms with Crippen LogP contribution in [-0.2, 0) is 16.1 Å². The van der Waals surface area contributed by atoms with Crippen LogP contribution in [0.4, 0.5) is 17.2 Å². The van der Waals surface area contributed by atoms with E-state index in [4.69, 9.17) is 4.74 Å². The largest absolute Gasteiger partial charge is 0.378 e. The van der Waals surface area contributed by atoms with Crippen molar-refractivity contribution >= 4 is 34.1 Å². The maximum absolute atomic E-state index is 11.8. The number of benzene rings is 1. The van der Waals surface area contributed by atoms with Crippen LogP contribution in [0.25, 0.3) is 22.3 Å². The number of ether oxygens (including phenoxy) is 1. The molecule has 6 rings (SSSR count). The first-order valence-corrected chi connectivity index (χ1v) is 14.0. The van der Waals surface area contributed by atoms with Crippen LogP contribution >= 0.6 is 0 Å². The number of aromatic nitrogens is 5. The minimum absolute atomic E-state index is 0.136. The lowest BCUT2D eigenvalue weighted by molar-refractivity contribution is -0.118. The average Bonchev–Trinajstić information content (AvgIpc) is 3.43. The Hall–Kier alpha value is -4.35. The van der Waals surface area contributed by atoms with Gasteiger partial charge >= 0.3 is 0 Å². The highest BCUT2D eigenvalue weighted by Gasteiger charge is 2.32. The van der Waals surface area contributed by atoms with E-state index in [2.05, 4.69) is 77.1 Å². The van der Waals surface area contributed by atoms with Crippen molar-refractivity contribution in [2.24, 2.45) is 0 Å². The number of likely N-dealkylation sites (tertiary alicyclic amines) is 1. The fraction of sp³-hybridized carbons (Fsp3) is 0.367. The van der Waals surface area contributed by atoms with Crippen LogP contribution in [0.1, 0.15) is 25.6 Å². The number of aromatic amines is 1. The molecular formula is C30H35N9O2. The first-order valence-electron chi connectivity index (χ1n) is 14.0. The van der Waals surface area contributed by atoms with Crippen LogP contribution in [0, 0.1) is 0 Å². The standard InChI is InChI=1S/C30H35N9O2/c1-3-27(40)37-30(2)9-4-10-38(19-30)18-26-31-16-23(17-32-26)35-22-7-5-21(6-8-22)25-15-24-28(36-25)33-20-34-29(24)39-11-13-41-14-12-39/h3,5-8,15-17,20,35H,1,4,9-14,18-19H2,2H3,(H,37,40)(H,33,34,36)/t30-/m1/s1. The Balaban J connectivity index is 1.08. The van der Waals surface area contributed by atoms with Crippen molar-refractivity contribution in [3.8, 4) is 11.3 Å². The number of anilines is 3. The van der Waals surface area contributed by atoms with E-state index in [0.717, 1.165) is 84.3 Å². The third-order valence-electron chi connectivity index (χ3n) is 7.66. The molecule has 11 heteroatoms. The number of H-pyrrole nitrogens is 1. The van der Waals surface area contributed by atoms with Crippen molar-refractivity contribution in [2.45, 2.75) is 31.8 Å². The third kappa shape index (κ3) is 6.21. The van der Waals surface area contributed by atoms with E-state index in [-0.39, 0.29) is 11.4 Å². The van der Waals surface area contributed by atoms with Gasteiger partial charge < -0.3 is 25.3 Å². The van der Waals surface area contributed by atoms with E-state index in [1.807, 2.05) is 24.5 Å². The number of nitrogens with zero attached hydrogens (tertiary/aromatic N) is 6. The van der Waals surface area contributed by atoms with Crippen molar-refractivity contribution < 1.29 is 9.53 Å². The molecule has 3 N–H and O–H groups in total. The number of nitrogens with one attached hydrogen (secondary N) is 3. The molecule has 0 bridgehead atoms. The summed E-state index contributed by atoms with van der Waals surface area (Å²) in [7, 11) is 0. The molecule has 0 spiro atoms. The normalized spacial score (nSPS) is 19.7. The molecule has 212 valence electrons.